The molecule has 0 atom stereocenters. The van der Waals surface area contributed by atoms with Gasteiger partial charge in [-0.15, -0.1) is 0 Å². The second-order valence-electron chi connectivity index (χ2n) is 7.49. The molecular formula is C24H21N3O5S. The van der Waals surface area contributed by atoms with Crippen LogP contribution in [0.2, 0.25) is 0 Å². The minimum Gasteiger partial charge on any atom is -0.468 e. The fraction of sp³-hybridized carbons (Fsp3) is 0.167. The summed E-state index contributed by atoms with van der Waals surface area (Å²) in [4.78, 5) is 50.1. The summed E-state index contributed by atoms with van der Waals surface area (Å²) in [5, 5.41) is 3.20. The first-order valence-corrected chi connectivity index (χ1v) is 10.9. The van der Waals surface area contributed by atoms with Gasteiger partial charge in [0.25, 0.3) is 11.1 Å². The van der Waals surface area contributed by atoms with Crippen LogP contribution in [0.1, 0.15) is 11.1 Å². The van der Waals surface area contributed by atoms with Crippen molar-refractivity contribution in [3.63, 3.8) is 0 Å². The quantitative estimate of drug-likeness (QED) is 0.441. The molecule has 0 radical (unpaired) electrons. The molecule has 0 spiro atoms. The van der Waals surface area contributed by atoms with Crippen molar-refractivity contribution in [1.82, 2.24) is 9.47 Å². The van der Waals surface area contributed by atoms with Gasteiger partial charge in [-0.3, -0.25) is 24.1 Å². The Balaban J connectivity index is 1.60. The molecule has 33 heavy (non-hydrogen) atoms. The van der Waals surface area contributed by atoms with Gasteiger partial charge in [0, 0.05) is 28.4 Å². The fourth-order valence-electron chi connectivity index (χ4n) is 3.57. The molecule has 9 heteroatoms. The Morgan fingerprint density at radius 3 is 2.64 bits per heavy atom. The molecule has 1 N–H and O–H groups in total. The van der Waals surface area contributed by atoms with Crippen LogP contribution in [-0.4, -0.2) is 46.1 Å². The molecule has 0 saturated carbocycles. The summed E-state index contributed by atoms with van der Waals surface area (Å²) in [5.74, 6) is -1.41. The van der Waals surface area contributed by atoms with Gasteiger partial charge >= 0.3 is 5.97 Å². The largest absolute Gasteiger partial charge is 0.468 e. The molecule has 0 bridgehead atoms. The lowest BCUT2D eigenvalue weighted by atomic mass is 10.1. The van der Waals surface area contributed by atoms with E-state index in [1.807, 2.05) is 55.5 Å². The molecule has 3 amide bonds. The van der Waals surface area contributed by atoms with E-state index in [1.165, 1.54) is 7.11 Å². The number of thioether (sulfide) groups is 1. The number of nitrogens with zero attached hydrogens (tertiary/aromatic N) is 2. The van der Waals surface area contributed by atoms with Crippen LogP contribution in [-0.2, 0) is 25.7 Å². The average molecular weight is 464 g/mol. The molecule has 2 heterocycles. The number of amides is 3. The highest BCUT2D eigenvalue weighted by atomic mass is 32.2. The molecule has 3 aromatic rings. The van der Waals surface area contributed by atoms with Crippen molar-refractivity contribution in [1.29, 1.82) is 0 Å². The number of hydrogen-bond donors (Lipinski definition) is 1. The monoisotopic (exact) mass is 463 g/mol. The normalized spacial score (nSPS) is 14.8. The molecule has 4 rings (SSSR count). The van der Waals surface area contributed by atoms with E-state index in [-0.39, 0.29) is 17.4 Å². The maximum absolute atomic E-state index is 12.7. The lowest BCUT2D eigenvalue weighted by molar-refractivity contribution is -0.143. The summed E-state index contributed by atoms with van der Waals surface area (Å²) in [5.41, 5.74) is 3.27. The Morgan fingerprint density at radius 2 is 1.88 bits per heavy atom. The lowest BCUT2D eigenvalue weighted by Crippen LogP contribution is -2.34. The number of rotatable bonds is 6. The second kappa shape index (κ2) is 9.33. The van der Waals surface area contributed by atoms with Gasteiger partial charge in [0.05, 0.1) is 12.0 Å². The number of anilines is 1. The van der Waals surface area contributed by atoms with Crippen LogP contribution in [0.3, 0.4) is 0 Å². The third kappa shape index (κ3) is 4.83. The number of methoxy groups -OCH3 is 1. The minimum atomic E-state index is -0.672. The number of benzene rings is 2. The van der Waals surface area contributed by atoms with Gasteiger partial charge in [0.2, 0.25) is 5.91 Å². The zero-order valence-corrected chi connectivity index (χ0v) is 18.8. The first-order chi connectivity index (χ1) is 15.9. The molecule has 1 aliphatic rings. The number of imide groups is 1. The topological polar surface area (TPSA) is 97.7 Å². The average Bonchev–Trinajstić information content (AvgIpc) is 3.25. The van der Waals surface area contributed by atoms with E-state index in [2.05, 4.69) is 10.1 Å². The zero-order chi connectivity index (χ0) is 23.5. The summed E-state index contributed by atoms with van der Waals surface area (Å²) in [7, 11) is 1.20. The van der Waals surface area contributed by atoms with Crippen molar-refractivity contribution >= 4 is 57.5 Å². The van der Waals surface area contributed by atoms with Crippen molar-refractivity contribution in [3.05, 3.63) is 70.8 Å². The predicted molar refractivity (Wildman–Crippen MR) is 126 cm³/mol. The van der Waals surface area contributed by atoms with E-state index in [4.69, 9.17) is 0 Å². The fourth-order valence-corrected chi connectivity index (χ4v) is 4.40. The molecular weight excluding hydrogens is 442 g/mol. The standard InChI is InChI=1S/C24H21N3O5S/c1-15-6-5-7-17(10-15)25-21(28)13-26-12-16(18-8-3-4-9-19(18)26)11-20-23(30)27(24(31)33-20)14-22(29)32-2/h3-12H,13-14H2,1-2H3,(H,25,28)/b20-11+. The van der Waals surface area contributed by atoms with Gasteiger partial charge in [-0.2, -0.15) is 0 Å². The first-order valence-electron chi connectivity index (χ1n) is 10.1. The van der Waals surface area contributed by atoms with E-state index in [0.29, 0.717) is 5.56 Å². The van der Waals surface area contributed by atoms with Gasteiger partial charge in [-0.05, 0) is 48.5 Å². The molecule has 1 aromatic heterocycles. The summed E-state index contributed by atoms with van der Waals surface area (Å²) in [6.45, 7) is 1.60. The molecule has 0 unspecified atom stereocenters. The highest BCUT2D eigenvalue weighted by molar-refractivity contribution is 8.18. The summed E-state index contributed by atoms with van der Waals surface area (Å²) >= 11 is 0.766. The van der Waals surface area contributed by atoms with Crippen molar-refractivity contribution < 1.29 is 23.9 Å². The molecule has 8 nitrogen and oxygen atoms in total. The molecule has 1 fully saturated rings. The highest BCUT2D eigenvalue weighted by Gasteiger charge is 2.36. The van der Waals surface area contributed by atoms with Gasteiger partial charge < -0.3 is 14.6 Å². The highest BCUT2D eigenvalue weighted by Crippen LogP contribution is 2.34. The van der Waals surface area contributed by atoms with E-state index >= 15 is 0 Å². The smallest absolute Gasteiger partial charge is 0.325 e. The Kier molecular flexibility index (Phi) is 6.32. The van der Waals surface area contributed by atoms with Gasteiger partial charge in [-0.25, -0.2) is 0 Å². The predicted octanol–water partition coefficient (Wildman–Crippen LogP) is 3.80. The number of nitrogens with one attached hydrogen (secondary N) is 1. The summed E-state index contributed by atoms with van der Waals surface area (Å²) < 4.78 is 6.35. The van der Waals surface area contributed by atoms with Crippen LogP contribution >= 0.6 is 11.8 Å². The van der Waals surface area contributed by atoms with Crippen LogP contribution in [0.15, 0.2) is 59.6 Å². The van der Waals surface area contributed by atoms with Crippen LogP contribution in [0.4, 0.5) is 10.5 Å². The number of hydrogen-bond acceptors (Lipinski definition) is 6. The van der Waals surface area contributed by atoms with Crippen LogP contribution in [0, 0.1) is 6.92 Å². The van der Waals surface area contributed by atoms with Crippen molar-refractivity contribution in [2.24, 2.45) is 0 Å². The number of ether oxygens (including phenoxy) is 1. The van der Waals surface area contributed by atoms with E-state index in [9.17, 15) is 19.2 Å². The summed E-state index contributed by atoms with van der Waals surface area (Å²) in [6.07, 6.45) is 3.38. The Hall–Kier alpha value is -3.85. The minimum absolute atomic E-state index is 0.0755. The number of para-hydroxylation sites is 1. The number of carbonyl (C=O) groups is 4. The molecule has 1 aliphatic heterocycles. The number of esters is 1. The molecule has 2 aromatic carbocycles. The van der Waals surface area contributed by atoms with Crippen molar-refractivity contribution in [2.45, 2.75) is 13.5 Å². The van der Waals surface area contributed by atoms with Crippen LogP contribution < -0.4 is 5.32 Å². The van der Waals surface area contributed by atoms with Gasteiger partial charge in [-0.1, -0.05) is 30.3 Å². The van der Waals surface area contributed by atoms with Crippen LogP contribution in [0.5, 0.6) is 0 Å². The van der Waals surface area contributed by atoms with E-state index < -0.39 is 23.7 Å². The molecule has 1 saturated heterocycles. The molecule has 0 aliphatic carbocycles. The third-order valence-corrected chi connectivity index (χ3v) is 6.02. The number of aryl methyl sites for hydroxylation is 1. The number of fused-ring (bicyclic) bond motifs is 1. The molecule has 168 valence electrons. The lowest BCUT2D eigenvalue weighted by Gasteiger charge is -2.09. The van der Waals surface area contributed by atoms with Crippen molar-refractivity contribution in [3.8, 4) is 0 Å². The van der Waals surface area contributed by atoms with E-state index in [1.54, 1.807) is 16.8 Å². The third-order valence-electron chi connectivity index (χ3n) is 5.11. The van der Waals surface area contributed by atoms with E-state index in [0.717, 1.165) is 38.8 Å². The Labute approximate surface area is 194 Å². The first kappa shape index (κ1) is 22.3. The zero-order valence-electron chi connectivity index (χ0n) is 18.0. The number of aromatic nitrogens is 1. The number of carbonyl (C=O) groups excluding carboxylic acids is 4. The van der Waals surface area contributed by atoms with Gasteiger partial charge in [0.1, 0.15) is 13.1 Å². The summed E-state index contributed by atoms with van der Waals surface area (Å²) in [6, 6.07) is 15.0. The SMILES string of the molecule is COC(=O)CN1C(=O)S/C(=C/c2cn(CC(=O)Nc3cccc(C)c3)c3ccccc23)C1=O. The Morgan fingerprint density at radius 1 is 1.09 bits per heavy atom. The van der Waals surface area contributed by atoms with Crippen LogP contribution in [0.25, 0.3) is 17.0 Å². The van der Waals surface area contributed by atoms with Gasteiger partial charge in [0.15, 0.2) is 0 Å². The second-order valence-corrected chi connectivity index (χ2v) is 8.48. The maximum Gasteiger partial charge on any atom is 0.325 e. The van der Waals surface area contributed by atoms with Crippen molar-refractivity contribution in [2.75, 3.05) is 19.0 Å². The Bertz CT molecular complexity index is 1310. The maximum atomic E-state index is 12.7.